The van der Waals surface area contributed by atoms with Crippen LogP contribution in [0.25, 0.3) is 0 Å². The Morgan fingerprint density at radius 1 is 1.33 bits per heavy atom. The number of amides is 1. The van der Waals surface area contributed by atoms with Gasteiger partial charge in [-0.2, -0.15) is 0 Å². The van der Waals surface area contributed by atoms with Gasteiger partial charge in [0.1, 0.15) is 17.3 Å². The third-order valence-electron chi connectivity index (χ3n) is 3.81. The number of benzene rings is 1. The molecule has 3 nitrogen and oxygen atoms in total. The lowest BCUT2D eigenvalue weighted by Gasteiger charge is -2.20. The van der Waals surface area contributed by atoms with E-state index in [2.05, 4.69) is 19.2 Å². The summed E-state index contributed by atoms with van der Waals surface area (Å²) in [5.74, 6) is -1.74. The van der Waals surface area contributed by atoms with Crippen LogP contribution in [0.3, 0.4) is 0 Å². The molecule has 0 spiro atoms. The van der Waals surface area contributed by atoms with Crippen molar-refractivity contribution >= 4 is 11.6 Å². The van der Waals surface area contributed by atoms with Crippen molar-refractivity contribution in [3.63, 3.8) is 0 Å². The minimum atomic E-state index is -0.717. The van der Waals surface area contributed by atoms with Crippen LogP contribution in [-0.4, -0.2) is 30.4 Å². The van der Waals surface area contributed by atoms with Gasteiger partial charge in [0.05, 0.1) is 0 Å². The molecule has 1 aromatic carbocycles. The maximum Gasteiger partial charge on any atom is 0.254 e. The summed E-state index contributed by atoms with van der Waals surface area (Å²) in [6.07, 6.45) is 1.67. The van der Waals surface area contributed by atoms with E-state index in [-0.39, 0.29) is 22.6 Å². The molecule has 5 heteroatoms. The third kappa shape index (κ3) is 3.52. The van der Waals surface area contributed by atoms with Crippen molar-refractivity contribution in [2.75, 3.05) is 25.0 Å². The first-order valence-corrected chi connectivity index (χ1v) is 7.36. The lowest BCUT2D eigenvalue weighted by atomic mass is 9.93. The Morgan fingerprint density at radius 2 is 1.95 bits per heavy atom. The maximum atomic E-state index is 14.0. The second-order valence-electron chi connectivity index (χ2n) is 6.38. The first-order chi connectivity index (χ1) is 9.84. The molecule has 1 aliphatic heterocycles. The average Bonchev–Trinajstić information content (AvgIpc) is 2.77. The quantitative estimate of drug-likeness (QED) is 0.919. The largest absolute Gasteiger partial charge is 0.380 e. The van der Waals surface area contributed by atoms with E-state index in [1.807, 2.05) is 6.92 Å². The summed E-state index contributed by atoms with van der Waals surface area (Å²) in [6.45, 7) is 7.81. The zero-order valence-corrected chi connectivity index (χ0v) is 12.8. The van der Waals surface area contributed by atoms with Crippen LogP contribution < -0.4 is 5.32 Å². The summed E-state index contributed by atoms with van der Waals surface area (Å²) in [5.41, 5.74) is -0.0186. The molecular formula is C16H22F2N2O. The molecule has 1 aliphatic rings. The van der Waals surface area contributed by atoms with E-state index in [1.54, 1.807) is 4.90 Å². The van der Waals surface area contributed by atoms with E-state index in [0.29, 0.717) is 19.6 Å². The van der Waals surface area contributed by atoms with Crippen molar-refractivity contribution in [2.45, 2.75) is 33.6 Å². The van der Waals surface area contributed by atoms with E-state index >= 15 is 0 Å². The van der Waals surface area contributed by atoms with Crippen molar-refractivity contribution < 1.29 is 13.6 Å². The number of halogens is 2. The Morgan fingerprint density at radius 3 is 2.43 bits per heavy atom. The number of carbonyl (C=O) groups excluding carboxylic acids is 1. The summed E-state index contributed by atoms with van der Waals surface area (Å²) in [6, 6.07) is 2.24. The van der Waals surface area contributed by atoms with Gasteiger partial charge < -0.3 is 10.2 Å². The summed E-state index contributed by atoms with van der Waals surface area (Å²) in [7, 11) is 0. The van der Waals surface area contributed by atoms with Gasteiger partial charge in [0.15, 0.2) is 0 Å². The molecule has 116 valence electrons. The van der Waals surface area contributed by atoms with Gasteiger partial charge >= 0.3 is 0 Å². The lowest BCUT2D eigenvalue weighted by Crippen LogP contribution is -2.30. The van der Waals surface area contributed by atoms with Gasteiger partial charge in [0.25, 0.3) is 5.91 Å². The highest BCUT2D eigenvalue weighted by Gasteiger charge is 2.32. The number of hydrogen-bond donors (Lipinski definition) is 1. The minimum Gasteiger partial charge on any atom is -0.380 e. The van der Waals surface area contributed by atoms with Crippen LogP contribution in [0.2, 0.25) is 0 Å². The molecule has 0 aromatic heterocycles. The highest BCUT2D eigenvalue weighted by atomic mass is 19.1. The summed E-state index contributed by atoms with van der Waals surface area (Å²) >= 11 is 0. The third-order valence-corrected chi connectivity index (χ3v) is 3.81. The molecule has 1 fully saturated rings. The molecule has 2 rings (SSSR count). The molecule has 0 radical (unpaired) electrons. The smallest absolute Gasteiger partial charge is 0.254 e. The van der Waals surface area contributed by atoms with Gasteiger partial charge in [-0.25, -0.2) is 8.78 Å². The van der Waals surface area contributed by atoms with Crippen LogP contribution in [0.4, 0.5) is 14.5 Å². The van der Waals surface area contributed by atoms with Gasteiger partial charge in [0, 0.05) is 25.2 Å². The molecule has 1 amide bonds. The molecular weight excluding hydrogens is 274 g/mol. The van der Waals surface area contributed by atoms with Gasteiger partial charge in [-0.05, 0) is 30.4 Å². The summed E-state index contributed by atoms with van der Waals surface area (Å²) < 4.78 is 27.9. The normalized spacial score (nSPS) is 17.1. The van der Waals surface area contributed by atoms with Crippen LogP contribution in [0.15, 0.2) is 12.1 Å². The molecule has 1 heterocycles. The Balaban J connectivity index is 2.19. The minimum absolute atomic E-state index is 0.0649. The highest BCUT2D eigenvalue weighted by Crippen LogP contribution is 2.30. The van der Waals surface area contributed by atoms with E-state index < -0.39 is 11.6 Å². The zero-order chi connectivity index (χ0) is 15.6. The fraction of sp³-hybridized carbons (Fsp3) is 0.562. The van der Waals surface area contributed by atoms with Crippen LogP contribution in [-0.2, 0) is 0 Å². The van der Waals surface area contributed by atoms with Crippen LogP contribution in [0.5, 0.6) is 0 Å². The number of nitrogens with one attached hydrogen (secondary N) is 1. The Labute approximate surface area is 124 Å². The van der Waals surface area contributed by atoms with Gasteiger partial charge in [0.2, 0.25) is 0 Å². The van der Waals surface area contributed by atoms with E-state index in [1.165, 1.54) is 0 Å². The van der Waals surface area contributed by atoms with Crippen molar-refractivity contribution in [2.24, 2.45) is 5.41 Å². The lowest BCUT2D eigenvalue weighted by molar-refractivity contribution is 0.0777. The summed E-state index contributed by atoms with van der Waals surface area (Å²) in [5, 5.41) is 2.70. The van der Waals surface area contributed by atoms with Crippen LogP contribution in [0.1, 0.15) is 44.0 Å². The predicted molar refractivity (Wildman–Crippen MR) is 79.4 cm³/mol. The standard InChI is InChI=1S/C16H22F2N2O/c1-4-6-19-14-12(17)8-11(9-13(14)18)15(21)20-7-5-16(2,3)10-20/h8-9,19H,4-7,10H2,1-3H3. The molecule has 0 unspecified atom stereocenters. The molecule has 21 heavy (non-hydrogen) atoms. The molecule has 1 N–H and O–H groups in total. The van der Waals surface area contributed by atoms with Crippen molar-refractivity contribution in [1.82, 2.24) is 4.90 Å². The first-order valence-electron chi connectivity index (χ1n) is 7.36. The Bertz CT molecular complexity index is 520. The van der Waals surface area contributed by atoms with E-state index in [0.717, 1.165) is 25.0 Å². The fourth-order valence-corrected chi connectivity index (χ4v) is 2.58. The van der Waals surface area contributed by atoms with Crippen molar-refractivity contribution in [1.29, 1.82) is 0 Å². The molecule has 0 aliphatic carbocycles. The fourth-order valence-electron chi connectivity index (χ4n) is 2.58. The maximum absolute atomic E-state index is 14.0. The monoisotopic (exact) mass is 296 g/mol. The number of likely N-dealkylation sites (tertiary alicyclic amines) is 1. The Hall–Kier alpha value is -1.65. The van der Waals surface area contributed by atoms with E-state index in [4.69, 9.17) is 0 Å². The topological polar surface area (TPSA) is 32.3 Å². The van der Waals surface area contributed by atoms with Gasteiger partial charge in [-0.3, -0.25) is 4.79 Å². The number of hydrogen-bond acceptors (Lipinski definition) is 2. The van der Waals surface area contributed by atoms with Gasteiger partial charge in [-0.15, -0.1) is 0 Å². The molecule has 1 aromatic rings. The number of anilines is 1. The second kappa shape index (κ2) is 6.00. The van der Waals surface area contributed by atoms with E-state index in [9.17, 15) is 13.6 Å². The highest BCUT2D eigenvalue weighted by molar-refractivity contribution is 5.95. The molecule has 0 atom stereocenters. The molecule has 0 bridgehead atoms. The molecule has 1 saturated heterocycles. The summed E-state index contributed by atoms with van der Waals surface area (Å²) in [4.78, 5) is 14.0. The molecule has 0 saturated carbocycles. The van der Waals surface area contributed by atoms with Crippen molar-refractivity contribution in [3.8, 4) is 0 Å². The number of rotatable bonds is 4. The van der Waals surface area contributed by atoms with Crippen LogP contribution in [0, 0.1) is 17.0 Å². The average molecular weight is 296 g/mol. The van der Waals surface area contributed by atoms with Crippen LogP contribution >= 0.6 is 0 Å². The number of nitrogens with zero attached hydrogens (tertiary/aromatic N) is 1. The predicted octanol–water partition coefficient (Wildman–Crippen LogP) is 3.66. The zero-order valence-electron chi connectivity index (χ0n) is 12.8. The van der Waals surface area contributed by atoms with Crippen molar-refractivity contribution in [3.05, 3.63) is 29.3 Å². The second-order valence-corrected chi connectivity index (χ2v) is 6.38. The first kappa shape index (κ1) is 15.7. The van der Waals surface area contributed by atoms with Gasteiger partial charge in [-0.1, -0.05) is 20.8 Å². The number of carbonyl (C=O) groups is 1. The Kier molecular flexibility index (Phi) is 4.49. The SMILES string of the molecule is CCCNc1c(F)cc(C(=O)N2CCC(C)(C)C2)cc1F.